The zero-order chi connectivity index (χ0) is 22.2. The Morgan fingerprint density at radius 1 is 1.00 bits per heavy atom. The lowest BCUT2D eigenvalue weighted by Crippen LogP contribution is -2.11. The summed E-state index contributed by atoms with van der Waals surface area (Å²) in [7, 11) is 0. The summed E-state index contributed by atoms with van der Waals surface area (Å²) in [5, 5.41) is 1.67. The molecular weight excluding hydrogens is 414 g/mol. The second kappa shape index (κ2) is 7.85. The number of hydrogen-bond donors (Lipinski definition) is 1. The average Bonchev–Trinajstić information content (AvgIpc) is 3.42. The summed E-state index contributed by atoms with van der Waals surface area (Å²) < 4.78 is 37.0. The predicted molar refractivity (Wildman–Crippen MR) is 118 cm³/mol. The maximum absolute atomic E-state index is 12.5. The molecule has 0 aliphatic rings. The van der Waals surface area contributed by atoms with Gasteiger partial charge in [-0.3, -0.25) is 4.79 Å². The minimum absolute atomic E-state index is 0.0992. The van der Waals surface area contributed by atoms with Crippen LogP contribution in [0, 0.1) is 0 Å². The van der Waals surface area contributed by atoms with Crippen molar-refractivity contribution in [1.29, 1.82) is 0 Å². The number of rotatable bonds is 6. The van der Waals surface area contributed by atoms with E-state index in [0.29, 0.717) is 12.1 Å². The quantitative estimate of drug-likeness (QED) is 0.368. The Morgan fingerprint density at radius 2 is 1.81 bits per heavy atom. The zero-order valence-electron chi connectivity index (χ0n) is 16.8. The van der Waals surface area contributed by atoms with Crippen LogP contribution < -0.4 is 10.5 Å². The summed E-state index contributed by atoms with van der Waals surface area (Å²) >= 11 is 0. The SMILES string of the molecule is NC(=O)c1cccc2c1c1ccc(-c3ccco3)cc1n2Cc1ccc(OC(F)F)cc1. The highest BCUT2D eigenvalue weighted by Gasteiger charge is 2.18. The van der Waals surface area contributed by atoms with E-state index in [9.17, 15) is 13.6 Å². The van der Waals surface area contributed by atoms with Gasteiger partial charge < -0.3 is 19.5 Å². The van der Waals surface area contributed by atoms with Crippen molar-refractivity contribution in [3.63, 3.8) is 0 Å². The highest BCUT2D eigenvalue weighted by Crippen LogP contribution is 2.35. The van der Waals surface area contributed by atoms with Crippen molar-refractivity contribution in [2.24, 2.45) is 5.73 Å². The molecule has 2 N–H and O–H groups in total. The molecule has 5 rings (SSSR count). The number of alkyl halides is 2. The maximum atomic E-state index is 12.5. The summed E-state index contributed by atoms with van der Waals surface area (Å²) in [6.45, 7) is -2.41. The summed E-state index contributed by atoms with van der Waals surface area (Å²) in [6, 6.07) is 21.6. The molecule has 0 saturated carbocycles. The standard InChI is InChI=1S/C25H18F2N2O3/c26-25(27)32-17-9-6-15(7-10-17)14-29-20-4-1-3-19(24(28)30)23(20)18-11-8-16(13-21(18)29)22-5-2-12-31-22/h1-13,25H,14H2,(H2,28,30). The molecule has 0 bridgehead atoms. The smallest absolute Gasteiger partial charge is 0.387 e. The molecule has 3 aromatic carbocycles. The van der Waals surface area contributed by atoms with Crippen LogP contribution in [0.15, 0.2) is 83.5 Å². The second-order valence-corrected chi connectivity index (χ2v) is 7.38. The molecule has 0 atom stereocenters. The molecule has 0 unspecified atom stereocenters. The fraction of sp³-hybridized carbons (Fsp3) is 0.0800. The van der Waals surface area contributed by atoms with Gasteiger partial charge in [0.25, 0.3) is 0 Å². The fourth-order valence-corrected chi connectivity index (χ4v) is 4.07. The van der Waals surface area contributed by atoms with Crippen LogP contribution in [0.25, 0.3) is 33.1 Å². The first-order valence-corrected chi connectivity index (χ1v) is 9.93. The molecular formula is C25H18F2N2O3. The molecule has 160 valence electrons. The third-order valence-corrected chi connectivity index (χ3v) is 5.45. The first-order valence-electron chi connectivity index (χ1n) is 9.93. The largest absolute Gasteiger partial charge is 0.464 e. The number of nitrogens with two attached hydrogens (primary N) is 1. The van der Waals surface area contributed by atoms with Crippen molar-refractivity contribution in [3.05, 3.63) is 90.2 Å². The first-order chi connectivity index (χ1) is 15.5. The van der Waals surface area contributed by atoms with E-state index in [1.807, 2.05) is 36.4 Å². The van der Waals surface area contributed by atoms with Crippen molar-refractivity contribution in [2.45, 2.75) is 13.2 Å². The second-order valence-electron chi connectivity index (χ2n) is 7.38. The molecule has 0 saturated heterocycles. The number of carbonyl (C=O) groups excluding carboxylic acids is 1. The molecule has 0 fully saturated rings. The Labute approximate surface area is 181 Å². The van der Waals surface area contributed by atoms with Crippen LogP contribution in [0.4, 0.5) is 8.78 Å². The number of amides is 1. The van der Waals surface area contributed by atoms with Gasteiger partial charge in [0.1, 0.15) is 11.5 Å². The number of furan rings is 1. The summed E-state index contributed by atoms with van der Waals surface area (Å²) in [5.41, 5.74) is 9.63. The molecule has 0 radical (unpaired) electrons. The number of nitrogens with zero attached hydrogens (tertiary/aromatic N) is 1. The number of fused-ring (bicyclic) bond motifs is 3. The normalized spacial score (nSPS) is 11.5. The monoisotopic (exact) mass is 432 g/mol. The third-order valence-electron chi connectivity index (χ3n) is 5.45. The van der Waals surface area contributed by atoms with Gasteiger partial charge in [0.05, 0.1) is 17.3 Å². The molecule has 2 aromatic heterocycles. The molecule has 0 spiro atoms. The number of ether oxygens (including phenoxy) is 1. The number of hydrogen-bond acceptors (Lipinski definition) is 3. The van der Waals surface area contributed by atoms with E-state index in [1.54, 1.807) is 30.5 Å². The summed E-state index contributed by atoms with van der Waals surface area (Å²) in [5.74, 6) is 0.327. The van der Waals surface area contributed by atoms with Crippen LogP contribution in [0.5, 0.6) is 5.75 Å². The van der Waals surface area contributed by atoms with E-state index in [2.05, 4.69) is 9.30 Å². The Hall–Kier alpha value is -4.13. The first kappa shape index (κ1) is 19.8. The molecule has 0 aliphatic carbocycles. The number of halogens is 2. The molecule has 2 heterocycles. The van der Waals surface area contributed by atoms with Gasteiger partial charge in [0.2, 0.25) is 5.91 Å². The van der Waals surface area contributed by atoms with Gasteiger partial charge in [-0.05, 0) is 48.0 Å². The highest BCUT2D eigenvalue weighted by molar-refractivity contribution is 6.18. The summed E-state index contributed by atoms with van der Waals surface area (Å²) in [6.07, 6.45) is 1.61. The van der Waals surface area contributed by atoms with Crippen molar-refractivity contribution >= 4 is 27.7 Å². The van der Waals surface area contributed by atoms with Crippen LogP contribution in [0.2, 0.25) is 0 Å². The van der Waals surface area contributed by atoms with Crippen molar-refractivity contribution in [2.75, 3.05) is 0 Å². The van der Waals surface area contributed by atoms with Crippen molar-refractivity contribution in [1.82, 2.24) is 4.57 Å². The van der Waals surface area contributed by atoms with Crippen molar-refractivity contribution < 1.29 is 22.7 Å². The lowest BCUT2D eigenvalue weighted by Gasteiger charge is -2.10. The predicted octanol–water partition coefficient (Wildman–Crippen LogP) is 5.80. The Kier molecular flexibility index (Phi) is 4.86. The molecule has 5 aromatic rings. The minimum Gasteiger partial charge on any atom is -0.464 e. The van der Waals surface area contributed by atoms with E-state index in [-0.39, 0.29) is 5.75 Å². The van der Waals surface area contributed by atoms with Gasteiger partial charge in [0.15, 0.2) is 0 Å². The van der Waals surface area contributed by atoms with E-state index in [4.69, 9.17) is 10.2 Å². The van der Waals surface area contributed by atoms with E-state index in [0.717, 1.165) is 38.7 Å². The molecule has 32 heavy (non-hydrogen) atoms. The van der Waals surface area contributed by atoms with Gasteiger partial charge >= 0.3 is 6.61 Å². The number of primary amides is 1. The van der Waals surface area contributed by atoms with Gasteiger partial charge in [-0.15, -0.1) is 0 Å². The zero-order valence-corrected chi connectivity index (χ0v) is 16.8. The van der Waals surface area contributed by atoms with Crippen LogP contribution in [0.3, 0.4) is 0 Å². The van der Waals surface area contributed by atoms with Crippen LogP contribution in [-0.2, 0) is 6.54 Å². The van der Waals surface area contributed by atoms with Gasteiger partial charge in [-0.1, -0.05) is 30.3 Å². The van der Waals surface area contributed by atoms with Crippen LogP contribution >= 0.6 is 0 Å². The number of carbonyl (C=O) groups is 1. The molecule has 7 heteroatoms. The average molecular weight is 432 g/mol. The Morgan fingerprint density at radius 3 is 2.50 bits per heavy atom. The minimum atomic E-state index is -2.87. The lowest BCUT2D eigenvalue weighted by molar-refractivity contribution is -0.0498. The number of benzene rings is 3. The summed E-state index contributed by atoms with van der Waals surface area (Å²) in [4.78, 5) is 12.1. The van der Waals surface area contributed by atoms with Gasteiger partial charge in [-0.25, -0.2) is 0 Å². The topological polar surface area (TPSA) is 70.4 Å². The van der Waals surface area contributed by atoms with Gasteiger partial charge in [0, 0.05) is 28.4 Å². The Balaban J connectivity index is 1.69. The number of aromatic nitrogens is 1. The third kappa shape index (κ3) is 3.47. The van der Waals surface area contributed by atoms with E-state index < -0.39 is 12.5 Å². The van der Waals surface area contributed by atoms with Crippen LogP contribution in [-0.4, -0.2) is 17.1 Å². The Bertz CT molecular complexity index is 1420. The maximum Gasteiger partial charge on any atom is 0.387 e. The fourth-order valence-electron chi connectivity index (χ4n) is 4.07. The highest BCUT2D eigenvalue weighted by atomic mass is 19.3. The lowest BCUT2D eigenvalue weighted by atomic mass is 10.0. The van der Waals surface area contributed by atoms with Gasteiger partial charge in [-0.2, -0.15) is 8.78 Å². The van der Waals surface area contributed by atoms with Crippen molar-refractivity contribution in [3.8, 4) is 17.1 Å². The van der Waals surface area contributed by atoms with Crippen LogP contribution in [0.1, 0.15) is 15.9 Å². The molecule has 5 nitrogen and oxygen atoms in total. The van der Waals surface area contributed by atoms with E-state index in [1.165, 1.54) is 12.1 Å². The van der Waals surface area contributed by atoms with E-state index >= 15 is 0 Å². The molecule has 1 amide bonds. The molecule has 0 aliphatic heterocycles.